The monoisotopic (exact) mass is 217 g/mol. The molecule has 0 amide bonds. The van der Waals surface area contributed by atoms with Gasteiger partial charge in [0.05, 0.1) is 16.4 Å². The van der Waals surface area contributed by atoms with E-state index in [0.29, 0.717) is 21.8 Å². The number of aromatic nitrogens is 1. The molecule has 0 atom stereocenters. The van der Waals surface area contributed by atoms with Gasteiger partial charge in [-0.3, -0.25) is 0 Å². The molecule has 4 heteroatoms. The van der Waals surface area contributed by atoms with E-state index in [0.717, 1.165) is 5.69 Å². The molecule has 0 unspecified atom stereocenters. The molecule has 0 saturated heterocycles. The summed E-state index contributed by atoms with van der Waals surface area (Å²) in [6.07, 6.45) is 0. The van der Waals surface area contributed by atoms with E-state index in [-0.39, 0.29) is 5.82 Å². The molecule has 0 aliphatic carbocycles. The van der Waals surface area contributed by atoms with Crippen LogP contribution in [-0.2, 0) is 5.88 Å². The van der Waals surface area contributed by atoms with Crippen molar-refractivity contribution in [2.75, 3.05) is 0 Å². The zero-order chi connectivity index (χ0) is 9.42. The van der Waals surface area contributed by atoms with Gasteiger partial charge in [-0.2, -0.15) is 0 Å². The molecule has 2 aromatic rings. The van der Waals surface area contributed by atoms with Crippen LogP contribution in [0, 0.1) is 5.82 Å². The second-order valence-corrected chi connectivity index (χ2v) is 3.42. The number of fused-ring (bicyclic) bond motifs is 1. The van der Waals surface area contributed by atoms with Gasteiger partial charge in [0.25, 0.3) is 0 Å². The maximum Gasteiger partial charge on any atom is 0.147 e. The molecule has 0 spiro atoms. The molecule has 0 fully saturated rings. The lowest BCUT2D eigenvalue weighted by Gasteiger charge is -1.93. The van der Waals surface area contributed by atoms with Crippen LogP contribution in [0.2, 0.25) is 5.02 Å². The zero-order valence-corrected chi connectivity index (χ0v) is 8.08. The molecule has 0 saturated carbocycles. The summed E-state index contributed by atoms with van der Waals surface area (Å²) in [5, 5.41) is 1.21. The summed E-state index contributed by atoms with van der Waals surface area (Å²) in [4.78, 5) is 2.86. The average Bonchev–Trinajstić information content (AvgIpc) is 2.56. The molecule has 13 heavy (non-hydrogen) atoms. The summed E-state index contributed by atoms with van der Waals surface area (Å²) in [5.41, 5.74) is 1.19. The maximum absolute atomic E-state index is 13.2. The third-order valence-electron chi connectivity index (χ3n) is 1.89. The smallest absolute Gasteiger partial charge is 0.147 e. The minimum atomic E-state index is -0.309. The Morgan fingerprint density at radius 1 is 1.38 bits per heavy atom. The van der Waals surface area contributed by atoms with Crippen molar-refractivity contribution in [2.45, 2.75) is 5.88 Å². The van der Waals surface area contributed by atoms with Crippen molar-refractivity contribution in [1.29, 1.82) is 0 Å². The molecule has 0 aliphatic heterocycles. The number of rotatable bonds is 1. The molecule has 1 N–H and O–H groups in total. The highest BCUT2D eigenvalue weighted by atomic mass is 35.5. The van der Waals surface area contributed by atoms with Crippen LogP contribution in [0.4, 0.5) is 4.39 Å². The van der Waals surface area contributed by atoms with E-state index in [1.165, 1.54) is 12.1 Å². The highest BCUT2D eigenvalue weighted by molar-refractivity contribution is 6.35. The molecular weight excluding hydrogens is 212 g/mol. The Hall–Kier alpha value is -0.730. The Kier molecular flexibility index (Phi) is 2.18. The Labute approximate surface area is 84.5 Å². The fraction of sp³-hybridized carbons (Fsp3) is 0.111. The van der Waals surface area contributed by atoms with Gasteiger partial charge in [-0.15, -0.1) is 11.6 Å². The predicted molar refractivity (Wildman–Crippen MR) is 52.8 cm³/mol. The topological polar surface area (TPSA) is 15.8 Å². The Balaban J connectivity index is 2.80. The molecule has 1 heterocycles. The third kappa shape index (κ3) is 1.40. The van der Waals surface area contributed by atoms with Gasteiger partial charge in [0.15, 0.2) is 0 Å². The number of hydrogen-bond acceptors (Lipinski definition) is 0. The van der Waals surface area contributed by atoms with Gasteiger partial charge in [0.1, 0.15) is 5.82 Å². The minimum absolute atomic E-state index is 0.309. The number of benzene rings is 1. The van der Waals surface area contributed by atoms with Gasteiger partial charge < -0.3 is 4.98 Å². The van der Waals surface area contributed by atoms with Crippen molar-refractivity contribution in [3.63, 3.8) is 0 Å². The van der Waals surface area contributed by atoms with Crippen molar-refractivity contribution >= 4 is 34.1 Å². The lowest BCUT2D eigenvalue weighted by molar-refractivity contribution is 0.637. The number of halogens is 3. The van der Waals surface area contributed by atoms with Crippen LogP contribution in [0.5, 0.6) is 0 Å². The summed E-state index contributed by atoms with van der Waals surface area (Å²) in [6.45, 7) is 0. The Bertz CT molecular complexity index is 411. The summed E-state index contributed by atoms with van der Waals surface area (Å²) in [6, 6.07) is 4.62. The van der Waals surface area contributed by atoms with E-state index in [2.05, 4.69) is 4.98 Å². The first-order valence-corrected chi connectivity index (χ1v) is 4.65. The van der Waals surface area contributed by atoms with E-state index < -0.39 is 0 Å². The van der Waals surface area contributed by atoms with Crippen LogP contribution in [0.3, 0.4) is 0 Å². The second kappa shape index (κ2) is 3.20. The fourth-order valence-electron chi connectivity index (χ4n) is 1.28. The second-order valence-electron chi connectivity index (χ2n) is 2.75. The van der Waals surface area contributed by atoms with E-state index >= 15 is 0 Å². The van der Waals surface area contributed by atoms with E-state index in [1.807, 2.05) is 0 Å². The van der Waals surface area contributed by atoms with Crippen LogP contribution in [0.15, 0.2) is 18.2 Å². The maximum atomic E-state index is 13.2. The number of hydrogen-bond donors (Lipinski definition) is 1. The Morgan fingerprint density at radius 2 is 2.15 bits per heavy atom. The molecule has 2 rings (SSSR count). The molecular formula is C9H6Cl2FN. The first-order chi connectivity index (χ1) is 6.22. The van der Waals surface area contributed by atoms with E-state index in [4.69, 9.17) is 23.2 Å². The predicted octanol–water partition coefficient (Wildman–Crippen LogP) is 3.70. The van der Waals surface area contributed by atoms with Crippen LogP contribution in [0.25, 0.3) is 10.9 Å². The molecule has 68 valence electrons. The van der Waals surface area contributed by atoms with Crippen molar-refractivity contribution in [3.8, 4) is 0 Å². The SMILES string of the molecule is Fc1ccc(Cl)c2cc(CCl)[nH]c12. The van der Waals surface area contributed by atoms with Gasteiger partial charge in [-0.05, 0) is 18.2 Å². The molecule has 1 aromatic carbocycles. The summed E-state index contributed by atoms with van der Waals surface area (Å²) >= 11 is 11.5. The lowest BCUT2D eigenvalue weighted by atomic mass is 10.2. The van der Waals surface area contributed by atoms with Gasteiger partial charge in [-0.1, -0.05) is 11.6 Å². The number of H-pyrrole nitrogens is 1. The highest BCUT2D eigenvalue weighted by Crippen LogP contribution is 2.26. The first-order valence-electron chi connectivity index (χ1n) is 3.74. The largest absolute Gasteiger partial charge is 0.355 e. The highest BCUT2D eigenvalue weighted by Gasteiger charge is 2.07. The van der Waals surface area contributed by atoms with E-state index in [9.17, 15) is 4.39 Å². The summed E-state index contributed by atoms with van der Waals surface area (Å²) in [7, 11) is 0. The summed E-state index contributed by atoms with van der Waals surface area (Å²) in [5.74, 6) is 0.0144. The normalized spacial score (nSPS) is 11.0. The van der Waals surface area contributed by atoms with Gasteiger partial charge >= 0.3 is 0 Å². The molecule has 1 aromatic heterocycles. The standard InChI is InChI=1S/C9H6Cl2FN/c10-4-5-3-6-7(11)1-2-8(12)9(6)13-5/h1-3,13H,4H2. The average molecular weight is 218 g/mol. The number of alkyl halides is 1. The first kappa shape index (κ1) is 8.85. The lowest BCUT2D eigenvalue weighted by Crippen LogP contribution is -1.78. The van der Waals surface area contributed by atoms with Gasteiger partial charge in [0, 0.05) is 11.1 Å². The minimum Gasteiger partial charge on any atom is -0.355 e. The van der Waals surface area contributed by atoms with E-state index in [1.54, 1.807) is 6.07 Å². The van der Waals surface area contributed by atoms with Gasteiger partial charge in [-0.25, -0.2) is 4.39 Å². The fourth-order valence-corrected chi connectivity index (χ4v) is 1.63. The molecule has 1 nitrogen and oxygen atoms in total. The molecule has 0 radical (unpaired) electrons. The van der Waals surface area contributed by atoms with Crippen molar-refractivity contribution < 1.29 is 4.39 Å². The molecule has 0 aliphatic rings. The quantitative estimate of drug-likeness (QED) is 0.702. The van der Waals surface area contributed by atoms with Crippen LogP contribution in [0.1, 0.15) is 5.69 Å². The third-order valence-corrected chi connectivity index (χ3v) is 2.51. The zero-order valence-electron chi connectivity index (χ0n) is 6.57. The van der Waals surface area contributed by atoms with Crippen molar-refractivity contribution in [2.24, 2.45) is 0 Å². The summed E-state index contributed by atoms with van der Waals surface area (Å²) < 4.78 is 13.2. The van der Waals surface area contributed by atoms with Crippen molar-refractivity contribution in [3.05, 3.63) is 34.7 Å². The van der Waals surface area contributed by atoms with Crippen molar-refractivity contribution in [1.82, 2.24) is 4.98 Å². The number of nitrogens with one attached hydrogen (secondary N) is 1. The number of aromatic amines is 1. The van der Waals surface area contributed by atoms with Crippen LogP contribution < -0.4 is 0 Å². The molecule has 0 bridgehead atoms. The Morgan fingerprint density at radius 3 is 2.77 bits per heavy atom. The van der Waals surface area contributed by atoms with Gasteiger partial charge in [0.2, 0.25) is 0 Å². The van der Waals surface area contributed by atoms with Crippen LogP contribution >= 0.6 is 23.2 Å². The van der Waals surface area contributed by atoms with Crippen LogP contribution in [-0.4, -0.2) is 4.98 Å².